The van der Waals surface area contributed by atoms with Crippen molar-refractivity contribution >= 4 is 11.8 Å². The molecule has 0 saturated heterocycles. The average molecular weight is 391 g/mol. The number of benzene rings is 1. The average Bonchev–Trinajstić information content (AvgIpc) is 3.31. The van der Waals surface area contributed by atoms with E-state index >= 15 is 0 Å². The van der Waals surface area contributed by atoms with Crippen LogP contribution in [0.25, 0.3) is 5.82 Å². The Hall–Kier alpha value is -3.48. The number of carbonyl (C=O) groups excluding carboxylic acids is 2. The summed E-state index contributed by atoms with van der Waals surface area (Å²) >= 11 is 0. The van der Waals surface area contributed by atoms with Crippen LogP contribution in [-0.2, 0) is 11.3 Å². The van der Waals surface area contributed by atoms with Gasteiger partial charge in [-0.15, -0.1) is 0 Å². The fraction of sp³-hybridized carbons (Fsp3) is 0.273. The molecule has 1 aromatic carbocycles. The lowest BCUT2D eigenvalue weighted by Gasteiger charge is -2.23. The van der Waals surface area contributed by atoms with Crippen LogP contribution >= 0.6 is 0 Å². The highest BCUT2D eigenvalue weighted by Crippen LogP contribution is 2.11. The number of aromatic nitrogens is 3. The minimum atomic E-state index is -0.611. The molecule has 2 atom stereocenters. The molecule has 0 fully saturated rings. The lowest BCUT2D eigenvalue weighted by atomic mass is 9.97. The Balaban J connectivity index is 1.66. The molecule has 2 aromatic heterocycles. The van der Waals surface area contributed by atoms with Gasteiger partial charge in [-0.1, -0.05) is 38.5 Å². The third kappa shape index (κ3) is 5.28. The Labute approximate surface area is 170 Å². The van der Waals surface area contributed by atoms with Gasteiger partial charge in [0.05, 0.1) is 0 Å². The van der Waals surface area contributed by atoms with E-state index < -0.39 is 6.04 Å². The van der Waals surface area contributed by atoms with Crippen molar-refractivity contribution in [3.63, 3.8) is 0 Å². The maximum atomic E-state index is 12.8. The van der Waals surface area contributed by atoms with Gasteiger partial charge in [0.2, 0.25) is 5.91 Å². The predicted octanol–water partition coefficient (Wildman–Crippen LogP) is 2.73. The van der Waals surface area contributed by atoms with Crippen molar-refractivity contribution in [3.05, 3.63) is 78.2 Å². The molecule has 0 bridgehead atoms. The number of amides is 2. The standard InChI is InChI=1S/C22H25N5O2/c1-3-16(2)20(26-21(28)18-8-5-4-6-9-18)22(29)24-15-17-10-12-23-19(14-17)27-13-7-11-25-27/h4-14,16,20H,3,15H2,1-2H3,(H,24,29)(H,26,28). The predicted molar refractivity (Wildman–Crippen MR) is 110 cm³/mol. The zero-order chi connectivity index (χ0) is 20.6. The summed E-state index contributed by atoms with van der Waals surface area (Å²) in [6, 6.07) is 13.8. The molecule has 7 heteroatoms. The molecule has 2 heterocycles. The van der Waals surface area contributed by atoms with Crippen LogP contribution < -0.4 is 10.6 Å². The summed E-state index contributed by atoms with van der Waals surface area (Å²) in [5.74, 6) is 0.217. The number of nitrogens with zero attached hydrogens (tertiary/aromatic N) is 3. The highest BCUT2D eigenvalue weighted by atomic mass is 16.2. The SMILES string of the molecule is CCC(C)C(NC(=O)c1ccccc1)C(=O)NCc1ccnc(-n2cccn2)c1. The molecular weight excluding hydrogens is 366 g/mol. The second-order valence-corrected chi connectivity index (χ2v) is 6.89. The lowest BCUT2D eigenvalue weighted by Crippen LogP contribution is -2.50. The van der Waals surface area contributed by atoms with Crippen LogP contribution in [-0.4, -0.2) is 32.6 Å². The van der Waals surface area contributed by atoms with Gasteiger partial charge < -0.3 is 10.6 Å². The minimum Gasteiger partial charge on any atom is -0.350 e. The van der Waals surface area contributed by atoms with Crippen LogP contribution in [0.4, 0.5) is 0 Å². The minimum absolute atomic E-state index is 0.000243. The summed E-state index contributed by atoms with van der Waals surface area (Å²) < 4.78 is 1.66. The highest BCUT2D eigenvalue weighted by molar-refractivity contribution is 5.97. The Morgan fingerprint density at radius 2 is 1.90 bits per heavy atom. The van der Waals surface area contributed by atoms with Gasteiger partial charge in [-0.3, -0.25) is 9.59 Å². The van der Waals surface area contributed by atoms with Gasteiger partial charge in [0.15, 0.2) is 5.82 Å². The third-order valence-electron chi connectivity index (χ3n) is 4.83. The first kappa shape index (κ1) is 20.3. The molecular formula is C22H25N5O2. The molecule has 0 aliphatic rings. The van der Waals surface area contributed by atoms with Crippen molar-refractivity contribution in [2.45, 2.75) is 32.9 Å². The number of hydrogen-bond donors (Lipinski definition) is 2. The Morgan fingerprint density at radius 1 is 1.10 bits per heavy atom. The van der Waals surface area contributed by atoms with E-state index in [4.69, 9.17) is 0 Å². The molecule has 2 amide bonds. The molecule has 3 aromatic rings. The van der Waals surface area contributed by atoms with E-state index in [1.54, 1.807) is 41.3 Å². The summed E-state index contributed by atoms with van der Waals surface area (Å²) in [5, 5.41) is 9.97. The quantitative estimate of drug-likeness (QED) is 0.618. The van der Waals surface area contributed by atoms with Crippen molar-refractivity contribution in [1.29, 1.82) is 0 Å². The normalized spacial score (nSPS) is 12.8. The van der Waals surface area contributed by atoms with Crippen molar-refractivity contribution < 1.29 is 9.59 Å². The fourth-order valence-corrected chi connectivity index (χ4v) is 2.92. The fourth-order valence-electron chi connectivity index (χ4n) is 2.92. The Morgan fingerprint density at radius 3 is 2.59 bits per heavy atom. The molecule has 2 unspecified atom stereocenters. The van der Waals surface area contributed by atoms with Crippen LogP contribution in [0.2, 0.25) is 0 Å². The summed E-state index contributed by atoms with van der Waals surface area (Å²) in [4.78, 5) is 29.6. The molecule has 0 aliphatic carbocycles. The second kappa shape index (κ2) is 9.64. The van der Waals surface area contributed by atoms with E-state index in [0.29, 0.717) is 17.9 Å². The molecule has 3 rings (SSSR count). The topological polar surface area (TPSA) is 88.9 Å². The van der Waals surface area contributed by atoms with E-state index in [0.717, 1.165) is 12.0 Å². The molecule has 0 radical (unpaired) electrons. The van der Waals surface area contributed by atoms with E-state index in [9.17, 15) is 9.59 Å². The van der Waals surface area contributed by atoms with Crippen molar-refractivity contribution in [2.24, 2.45) is 5.92 Å². The van der Waals surface area contributed by atoms with Gasteiger partial charge in [0.25, 0.3) is 5.91 Å². The molecule has 0 aliphatic heterocycles. The molecule has 29 heavy (non-hydrogen) atoms. The van der Waals surface area contributed by atoms with Gasteiger partial charge in [0, 0.05) is 30.7 Å². The van der Waals surface area contributed by atoms with Gasteiger partial charge in [-0.05, 0) is 41.8 Å². The first-order valence-corrected chi connectivity index (χ1v) is 9.67. The summed E-state index contributed by atoms with van der Waals surface area (Å²) in [6.07, 6.45) is 5.94. The van der Waals surface area contributed by atoms with E-state index in [2.05, 4.69) is 20.7 Å². The second-order valence-electron chi connectivity index (χ2n) is 6.89. The van der Waals surface area contributed by atoms with Gasteiger partial charge >= 0.3 is 0 Å². The van der Waals surface area contributed by atoms with Gasteiger partial charge in [-0.2, -0.15) is 5.10 Å². The molecule has 150 valence electrons. The first-order chi connectivity index (χ1) is 14.1. The monoisotopic (exact) mass is 391 g/mol. The number of carbonyl (C=O) groups is 2. The lowest BCUT2D eigenvalue weighted by molar-refractivity contribution is -0.124. The third-order valence-corrected chi connectivity index (χ3v) is 4.83. The zero-order valence-electron chi connectivity index (χ0n) is 16.6. The molecule has 7 nitrogen and oxygen atoms in total. The number of hydrogen-bond acceptors (Lipinski definition) is 4. The first-order valence-electron chi connectivity index (χ1n) is 9.67. The van der Waals surface area contributed by atoms with E-state index in [-0.39, 0.29) is 17.7 Å². The smallest absolute Gasteiger partial charge is 0.251 e. The van der Waals surface area contributed by atoms with Crippen LogP contribution in [0.15, 0.2) is 67.1 Å². The number of rotatable bonds is 8. The summed E-state index contributed by atoms with van der Waals surface area (Å²) in [5.41, 5.74) is 1.43. The zero-order valence-corrected chi connectivity index (χ0v) is 16.6. The van der Waals surface area contributed by atoms with Crippen LogP contribution in [0.5, 0.6) is 0 Å². The maximum Gasteiger partial charge on any atom is 0.251 e. The van der Waals surface area contributed by atoms with Gasteiger partial charge in [-0.25, -0.2) is 9.67 Å². The van der Waals surface area contributed by atoms with Crippen LogP contribution in [0, 0.1) is 5.92 Å². The van der Waals surface area contributed by atoms with Crippen LogP contribution in [0.1, 0.15) is 36.2 Å². The van der Waals surface area contributed by atoms with E-state index in [1.807, 2.05) is 44.3 Å². The van der Waals surface area contributed by atoms with E-state index in [1.165, 1.54) is 0 Å². The largest absolute Gasteiger partial charge is 0.350 e. The van der Waals surface area contributed by atoms with Gasteiger partial charge in [0.1, 0.15) is 6.04 Å². The highest BCUT2D eigenvalue weighted by Gasteiger charge is 2.26. The summed E-state index contributed by atoms with van der Waals surface area (Å²) in [7, 11) is 0. The molecule has 0 spiro atoms. The molecule has 0 saturated carbocycles. The van der Waals surface area contributed by atoms with Crippen molar-refractivity contribution in [1.82, 2.24) is 25.4 Å². The van der Waals surface area contributed by atoms with Crippen molar-refractivity contribution in [3.8, 4) is 5.82 Å². The summed E-state index contributed by atoms with van der Waals surface area (Å²) in [6.45, 7) is 4.29. The number of nitrogens with one attached hydrogen (secondary N) is 2. The Bertz CT molecular complexity index is 941. The molecule has 2 N–H and O–H groups in total. The number of pyridine rings is 1. The Kier molecular flexibility index (Phi) is 6.73. The van der Waals surface area contributed by atoms with Crippen LogP contribution in [0.3, 0.4) is 0 Å². The maximum absolute atomic E-state index is 12.8. The van der Waals surface area contributed by atoms with Crippen molar-refractivity contribution in [2.75, 3.05) is 0 Å².